The van der Waals surface area contributed by atoms with Gasteiger partial charge in [-0.1, -0.05) is 28.4 Å². The molecule has 1 aromatic rings. The van der Waals surface area contributed by atoms with Crippen LogP contribution in [-0.4, -0.2) is 17.3 Å². The topological polar surface area (TPSA) is 29.1 Å². The van der Waals surface area contributed by atoms with Gasteiger partial charge in [-0.3, -0.25) is 4.79 Å². The quantitative estimate of drug-likeness (QED) is 0.837. The summed E-state index contributed by atoms with van der Waals surface area (Å²) in [6.07, 6.45) is 4.93. The zero-order chi connectivity index (χ0) is 13.8. The number of halogens is 1. The summed E-state index contributed by atoms with van der Waals surface area (Å²) in [5.74, 6) is 0.674. The molecule has 1 amide bonds. The lowest BCUT2D eigenvalue weighted by Gasteiger charge is -2.25. The van der Waals surface area contributed by atoms with Crippen LogP contribution in [0.25, 0.3) is 0 Å². The van der Waals surface area contributed by atoms with Gasteiger partial charge in [-0.15, -0.1) is 0 Å². The molecule has 0 saturated heterocycles. The van der Waals surface area contributed by atoms with Gasteiger partial charge in [-0.05, 0) is 62.3 Å². The van der Waals surface area contributed by atoms with E-state index in [9.17, 15) is 4.79 Å². The van der Waals surface area contributed by atoms with E-state index in [1.807, 2.05) is 25.1 Å². The molecule has 3 heteroatoms. The maximum Gasteiger partial charge on any atom is 0.251 e. The van der Waals surface area contributed by atoms with Gasteiger partial charge in [0.15, 0.2) is 0 Å². The Bertz CT molecular complexity index is 458. The number of nitrogens with one attached hydrogen (secondary N) is 1. The Hall–Kier alpha value is -0.830. The number of carbonyl (C=O) groups is 1. The van der Waals surface area contributed by atoms with Crippen LogP contribution in [0.2, 0.25) is 0 Å². The molecule has 1 saturated carbocycles. The summed E-state index contributed by atoms with van der Waals surface area (Å²) in [7, 11) is 0. The first-order valence-electron chi connectivity index (χ1n) is 7.06. The average Bonchev–Trinajstić information content (AvgIpc) is 2.39. The third-order valence-electron chi connectivity index (χ3n) is 4.04. The smallest absolute Gasteiger partial charge is 0.251 e. The van der Waals surface area contributed by atoms with Crippen molar-refractivity contribution in [2.45, 2.75) is 44.4 Å². The highest BCUT2D eigenvalue weighted by molar-refractivity contribution is 9.09. The van der Waals surface area contributed by atoms with Crippen LogP contribution in [0.15, 0.2) is 18.2 Å². The van der Waals surface area contributed by atoms with Crippen LogP contribution in [0.1, 0.15) is 47.2 Å². The minimum Gasteiger partial charge on any atom is -0.352 e. The largest absolute Gasteiger partial charge is 0.352 e. The van der Waals surface area contributed by atoms with Crippen LogP contribution in [0, 0.1) is 19.8 Å². The number of rotatable bonds is 3. The normalized spacial score (nSPS) is 23.1. The monoisotopic (exact) mass is 323 g/mol. The molecule has 1 aliphatic carbocycles. The van der Waals surface area contributed by atoms with Crippen LogP contribution < -0.4 is 5.32 Å². The molecule has 0 spiro atoms. The molecule has 2 atom stereocenters. The number of hydrogen-bond donors (Lipinski definition) is 1. The Kier molecular flexibility index (Phi) is 5.03. The second-order valence-corrected chi connectivity index (χ2v) is 6.93. The Labute approximate surface area is 124 Å². The van der Waals surface area contributed by atoms with Crippen LogP contribution in [0.5, 0.6) is 0 Å². The first-order chi connectivity index (χ1) is 9.06. The molecule has 0 radical (unpaired) electrons. The lowest BCUT2D eigenvalue weighted by atomic mass is 9.89. The highest BCUT2D eigenvalue weighted by Gasteiger charge is 2.20. The van der Waals surface area contributed by atoms with E-state index in [1.54, 1.807) is 0 Å². The molecule has 2 unspecified atom stereocenters. The SMILES string of the molecule is Cc1ccc(C(=O)NCC2CCCC(Br)C2)cc1C. The Morgan fingerprint density at radius 3 is 2.79 bits per heavy atom. The second-order valence-electron chi connectivity index (χ2n) is 5.64. The zero-order valence-corrected chi connectivity index (χ0v) is 13.3. The van der Waals surface area contributed by atoms with E-state index < -0.39 is 0 Å². The van der Waals surface area contributed by atoms with Crippen molar-refractivity contribution in [2.75, 3.05) is 6.54 Å². The van der Waals surface area contributed by atoms with Gasteiger partial charge >= 0.3 is 0 Å². The van der Waals surface area contributed by atoms with Gasteiger partial charge in [-0.25, -0.2) is 0 Å². The van der Waals surface area contributed by atoms with E-state index in [-0.39, 0.29) is 5.91 Å². The van der Waals surface area contributed by atoms with Crippen molar-refractivity contribution in [3.63, 3.8) is 0 Å². The predicted octanol–water partition coefficient (Wildman–Crippen LogP) is 3.99. The zero-order valence-electron chi connectivity index (χ0n) is 11.7. The highest BCUT2D eigenvalue weighted by atomic mass is 79.9. The summed E-state index contributed by atoms with van der Waals surface area (Å²) in [4.78, 5) is 12.7. The maximum atomic E-state index is 12.1. The van der Waals surface area contributed by atoms with E-state index in [0.717, 1.165) is 12.1 Å². The summed E-state index contributed by atoms with van der Waals surface area (Å²) in [6.45, 7) is 4.91. The van der Waals surface area contributed by atoms with Gasteiger partial charge in [-0.2, -0.15) is 0 Å². The number of alkyl halides is 1. The lowest BCUT2D eigenvalue weighted by molar-refractivity contribution is 0.0944. The van der Waals surface area contributed by atoms with Crippen LogP contribution >= 0.6 is 15.9 Å². The molecule has 1 aliphatic rings. The van der Waals surface area contributed by atoms with E-state index in [2.05, 4.69) is 28.2 Å². The fourth-order valence-corrected chi connectivity index (χ4v) is 3.48. The fraction of sp³-hybridized carbons (Fsp3) is 0.562. The fourth-order valence-electron chi connectivity index (χ4n) is 2.63. The van der Waals surface area contributed by atoms with Crippen LogP contribution in [0.3, 0.4) is 0 Å². The molecule has 1 N–H and O–H groups in total. The molecule has 1 fully saturated rings. The van der Waals surface area contributed by atoms with Crippen molar-refractivity contribution in [1.29, 1.82) is 0 Å². The lowest BCUT2D eigenvalue weighted by Crippen LogP contribution is -2.32. The number of amides is 1. The summed E-state index contributed by atoms with van der Waals surface area (Å²) < 4.78 is 0. The first kappa shape index (κ1) is 14.6. The van der Waals surface area contributed by atoms with Gasteiger partial charge in [0, 0.05) is 16.9 Å². The minimum atomic E-state index is 0.0554. The van der Waals surface area contributed by atoms with E-state index in [4.69, 9.17) is 0 Å². The average molecular weight is 324 g/mol. The third-order valence-corrected chi connectivity index (χ3v) is 4.87. The summed E-state index contributed by atoms with van der Waals surface area (Å²) in [6, 6.07) is 5.89. The van der Waals surface area contributed by atoms with Gasteiger partial charge < -0.3 is 5.32 Å². The van der Waals surface area contributed by atoms with Crippen molar-refractivity contribution in [3.8, 4) is 0 Å². The van der Waals surface area contributed by atoms with Crippen LogP contribution in [-0.2, 0) is 0 Å². The van der Waals surface area contributed by atoms with Crippen LogP contribution in [0.4, 0.5) is 0 Å². The molecule has 2 nitrogen and oxygen atoms in total. The Balaban J connectivity index is 1.88. The van der Waals surface area contributed by atoms with Gasteiger partial charge in [0.1, 0.15) is 0 Å². The van der Waals surface area contributed by atoms with E-state index in [0.29, 0.717) is 10.7 Å². The minimum absolute atomic E-state index is 0.0554. The molecular formula is C16H22BrNO. The number of hydrogen-bond acceptors (Lipinski definition) is 1. The maximum absolute atomic E-state index is 12.1. The second kappa shape index (κ2) is 6.56. The van der Waals surface area contributed by atoms with Gasteiger partial charge in [0.05, 0.1) is 0 Å². The Morgan fingerprint density at radius 1 is 1.32 bits per heavy atom. The van der Waals surface area contributed by atoms with Crippen molar-refractivity contribution >= 4 is 21.8 Å². The third kappa shape index (κ3) is 4.07. The standard InChI is InChI=1S/C16H22BrNO/c1-11-6-7-14(8-12(11)2)16(19)18-10-13-4-3-5-15(17)9-13/h6-8,13,15H,3-5,9-10H2,1-2H3,(H,18,19). The molecule has 0 aromatic heterocycles. The molecule has 1 aromatic carbocycles. The number of benzene rings is 1. The van der Waals surface area contributed by atoms with E-state index >= 15 is 0 Å². The number of carbonyl (C=O) groups excluding carboxylic acids is 1. The Morgan fingerprint density at radius 2 is 2.11 bits per heavy atom. The highest BCUT2D eigenvalue weighted by Crippen LogP contribution is 2.28. The van der Waals surface area contributed by atoms with Crippen molar-refractivity contribution in [3.05, 3.63) is 34.9 Å². The first-order valence-corrected chi connectivity index (χ1v) is 7.97. The van der Waals surface area contributed by atoms with Crippen molar-refractivity contribution < 1.29 is 4.79 Å². The van der Waals surface area contributed by atoms with Gasteiger partial charge in [0.2, 0.25) is 0 Å². The summed E-state index contributed by atoms with van der Waals surface area (Å²) in [5.41, 5.74) is 3.17. The van der Waals surface area contributed by atoms with Gasteiger partial charge in [0.25, 0.3) is 5.91 Å². The molecule has 0 heterocycles. The van der Waals surface area contributed by atoms with Crippen molar-refractivity contribution in [1.82, 2.24) is 5.32 Å². The summed E-state index contributed by atoms with van der Waals surface area (Å²) >= 11 is 3.69. The molecular weight excluding hydrogens is 302 g/mol. The summed E-state index contributed by atoms with van der Waals surface area (Å²) in [5, 5.41) is 3.08. The predicted molar refractivity (Wildman–Crippen MR) is 82.9 cm³/mol. The molecule has 19 heavy (non-hydrogen) atoms. The van der Waals surface area contributed by atoms with Crippen molar-refractivity contribution in [2.24, 2.45) is 5.92 Å². The molecule has 0 bridgehead atoms. The molecule has 0 aliphatic heterocycles. The number of aryl methyl sites for hydroxylation is 2. The molecule has 104 valence electrons. The van der Waals surface area contributed by atoms with E-state index in [1.165, 1.54) is 36.8 Å². The molecule has 2 rings (SSSR count).